The number of aliphatic imine (C=N–C) groups is 1. The van der Waals surface area contributed by atoms with Gasteiger partial charge >= 0.3 is 0 Å². The van der Waals surface area contributed by atoms with Gasteiger partial charge in [-0.25, -0.2) is 4.39 Å². The summed E-state index contributed by atoms with van der Waals surface area (Å²) in [7, 11) is 1.60. The predicted octanol–water partition coefficient (Wildman–Crippen LogP) is 1.56. The molecule has 0 unspecified atom stereocenters. The molecule has 0 saturated carbocycles. The largest absolute Gasteiger partial charge is 0.296 e. The van der Waals surface area contributed by atoms with E-state index in [-0.39, 0.29) is 5.83 Å². The lowest BCUT2D eigenvalue weighted by Crippen LogP contribution is -1.63. The zero-order valence-corrected chi connectivity index (χ0v) is 4.48. The molecule has 0 amide bonds. The summed E-state index contributed by atoms with van der Waals surface area (Å²) < 4.78 is 11.7. The maximum atomic E-state index is 11.7. The third-order valence-corrected chi connectivity index (χ3v) is 0.453. The molecule has 0 aliphatic rings. The smallest absolute Gasteiger partial charge is 0.0983 e. The molecular formula is C5H8FN. The van der Waals surface area contributed by atoms with Gasteiger partial charge in [0.15, 0.2) is 0 Å². The number of rotatable bonds is 1. The van der Waals surface area contributed by atoms with Crippen LogP contribution in [0.1, 0.15) is 6.92 Å². The number of nitrogens with zero attached hydrogens (tertiary/aromatic N) is 1. The molecule has 0 saturated heterocycles. The third-order valence-electron chi connectivity index (χ3n) is 0.453. The van der Waals surface area contributed by atoms with Gasteiger partial charge in [-0.2, -0.15) is 0 Å². The fourth-order valence-corrected chi connectivity index (χ4v) is 0.177. The SMILES string of the molecule is C/N=C\C=C(/C)F. The molecule has 1 nitrogen and oxygen atoms in total. The Morgan fingerprint density at radius 2 is 2.29 bits per heavy atom. The minimum Gasteiger partial charge on any atom is -0.296 e. The average molecular weight is 101 g/mol. The highest BCUT2D eigenvalue weighted by atomic mass is 19.1. The van der Waals surface area contributed by atoms with Gasteiger partial charge in [0, 0.05) is 13.3 Å². The molecule has 0 aromatic heterocycles. The third kappa shape index (κ3) is 5.34. The van der Waals surface area contributed by atoms with E-state index < -0.39 is 0 Å². The van der Waals surface area contributed by atoms with Gasteiger partial charge in [-0.15, -0.1) is 0 Å². The van der Waals surface area contributed by atoms with E-state index in [9.17, 15) is 4.39 Å². The Kier molecular flexibility index (Phi) is 3.19. The van der Waals surface area contributed by atoms with Crippen LogP contribution in [0.4, 0.5) is 4.39 Å². The van der Waals surface area contributed by atoms with Crippen molar-refractivity contribution < 1.29 is 4.39 Å². The normalized spacial score (nSPS) is 13.3. The molecular weight excluding hydrogens is 93.1 g/mol. The summed E-state index contributed by atoms with van der Waals surface area (Å²) in [5.41, 5.74) is 0. The van der Waals surface area contributed by atoms with Crippen LogP contribution in [-0.4, -0.2) is 13.3 Å². The molecule has 0 radical (unpaired) electrons. The topological polar surface area (TPSA) is 12.4 Å². The van der Waals surface area contributed by atoms with Crippen LogP contribution in [0.2, 0.25) is 0 Å². The van der Waals surface area contributed by atoms with Gasteiger partial charge in [-0.1, -0.05) is 0 Å². The lowest BCUT2D eigenvalue weighted by atomic mass is 10.5. The molecule has 0 bridgehead atoms. The van der Waals surface area contributed by atoms with E-state index in [1.54, 1.807) is 7.05 Å². The molecule has 0 fully saturated rings. The Labute approximate surface area is 42.6 Å². The first-order valence-corrected chi connectivity index (χ1v) is 2.02. The maximum absolute atomic E-state index is 11.7. The van der Waals surface area contributed by atoms with Gasteiger partial charge in [0.05, 0.1) is 5.83 Å². The second-order valence-corrected chi connectivity index (χ2v) is 1.16. The fourth-order valence-electron chi connectivity index (χ4n) is 0.177. The highest BCUT2D eigenvalue weighted by Crippen LogP contribution is 1.87. The van der Waals surface area contributed by atoms with Crippen molar-refractivity contribution in [3.63, 3.8) is 0 Å². The molecule has 0 N–H and O–H groups in total. The van der Waals surface area contributed by atoms with E-state index in [0.717, 1.165) is 0 Å². The number of hydrogen-bond donors (Lipinski definition) is 0. The molecule has 7 heavy (non-hydrogen) atoms. The number of allylic oxidation sites excluding steroid dienone is 2. The van der Waals surface area contributed by atoms with Gasteiger partial charge in [0.25, 0.3) is 0 Å². The Morgan fingerprint density at radius 1 is 1.71 bits per heavy atom. The van der Waals surface area contributed by atoms with E-state index >= 15 is 0 Å². The number of hydrogen-bond acceptors (Lipinski definition) is 1. The van der Waals surface area contributed by atoms with Crippen LogP contribution in [0.3, 0.4) is 0 Å². The lowest BCUT2D eigenvalue weighted by molar-refractivity contribution is 0.642. The Balaban J connectivity index is 3.46. The van der Waals surface area contributed by atoms with Crippen LogP contribution in [0.5, 0.6) is 0 Å². The quantitative estimate of drug-likeness (QED) is 0.444. The Hall–Kier alpha value is -0.660. The Bertz CT molecular complexity index is 90.3. The van der Waals surface area contributed by atoms with Crippen LogP contribution in [0.25, 0.3) is 0 Å². The molecule has 0 aromatic rings. The van der Waals surface area contributed by atoms with Gasteiger partial charge in [-0.05, 0) is 13.0 Å². The fraction of sp³-hybridized carbons (Fsp3) is 0.400. The van der Waals surface area contributed by atoms with Crippen LogP contribution >= 0.6 is 0 Å². The summed E-state index contributed by atoms with van der Waals surface area (Å²) in [6, 6.07) is 0. The molecule has 0 heterocycles. The van der Waals surface area contributed by atoms with E-state index in [0.29, 0.717) is 0 Å². The summed E-state index contributed by atoms with van der Waals surface area (Å²) in [5.74, 6) is -0.217. The second-order valence-electron chi connectivity index (χ2n) is 1.16. The average Bonchev–Trinajstić information content (AvgIpc) is 1.61. The molecule has 0 aromatic carbocycles. The van der Waals surface area contributed by atoms with Gasteiger partial charge in [-0.3, -0.25) is 4.99 Å². The predicted molar refractivity (Wildman–Crippen MR) is 29.3 cm³/mol. The van der Waals surface area contributed by atoms with Crippen molar-refractivity contribution in [2.24, 2.45) is 4.99 Å². The molecule has 0 aliphatic carbocycles. The summed E-state index contributed by atoms with van der Waals surface area (Å²) in [4.78, 5) is 3.53. The van der Waals surface area contributed by atoms with Crippen molar-refractivity contribution in [3.8, 4) is 0 Å². The van der Waals surface area contributed by atoms with Crippen LogP contribution in [0, 0.1) is 0 Å². The lowest BCUT2D eigenvalue weighted by Gasteiger charge is -1.73. The molecule has 40 valence electrons. The molecule has 0 atom stereocenters. The first-order chi connectivity index (χ1) is 3.27. The summed E-state index contributed by atoms with van der Waals surface area (Å²) >= 11 is 0. The van der Waals surface area contributed by atoms with Crippen LogP contribution in [0.15, 0.2) is 16.9 Å². The molecule has 0 aliphatic heterocycles. The van der Waals surface area contributed by atoms with E-state index in [1.165, 1.54) is 19.2 Å². The van der Waals surface area contributed by atoms with Gasteiger partial charge in [0.1, 0.15) is 0 Å². The van der Waals surface area contributed by atoms with Crippen LogP contribution < -0.4 is 0 Å². The van der Waals surface area contributed by atoms with Crippen molar-refractivity contribution in [1.82, 2.24) is 0 Å². The minimum absolute atomic E-state index is 0.217. The standard InChI is InChI=1S/C5H8FN/c1-5(6)3-4-7-2/h3-4H,1-2H3/b5-3+,7-4-. The van der Waals surface area contributed by atoms with E-state index in [4.69, 9.17) is 0 Å². The monoisotopic (exact) mass is 101 g/mol. The van der Waals surface area contributed by atoms with Crippen molar-refractivity contribution >= 4 is 6.21 Å². The maximum Gasteiger partial charge on any atom is 0.0983 e. The Morgan fingerprint density at radius 3 is 2.43 bits per heavy atom. The zero-order valence-electron chi connectivity index (χ0n) is 4.48. The van der Waals surface area contributed by atoms with E-state index in [1.807, 2.05) is 0 Å². The molecule has 0 spiro atoms. The highest BCUT2D eigenvalue weighted by Gasteiger charge is 1.71. The van der Waals surface area contributed by atoms with Gasteiger partial charge in [0.2, 0.25) is 0 Å². The minimum atomic E-state index is -0.217. The first-order valence-electron chi connectivity index (χ1n) is 2.02. The van der Waals surface area contributed by atoms with E-state index in [2.05, 4.69) is 4.99 Å². The van der Waals surface area contributed by atoms with Crippen molar-refractivity contribution in [1.29, 1.82) is 0 Å². The van der Waals surface area contributed by atoms with Gasteiger partial charge < -0.3 is 0 Å². The summed E-state index contributed by atoms with van der Waals surface area (Å²) in [6.07, 6.45) is 2.72. The highest BCUT2D eigenvalue weighted by molar-refractivity contribution is 5.71. The van der Waals surface area contributed by atoms with Crippen molar-refractivity contribution in [2.75, 3.05) is 7.05 Å². The second kappa shape index (κ2) is 3.53. The summed E-state index contributed by atoms with van der Waals surface area (Å²) in [6.45, 7) is 1.38. The number of halogens is 1. The first kappa shape index (κ1) is 6.34. The molecule has 0 rings (SSSR count). The van der Waals surface area contributed by atoms with Crippen molar-refractivity contribution in [2.45, 2.75) is 6.92 Å². The van der Waals surface area contributed by atoms with Crippen molar-refractivity contribution in [3.05, 3.63) is 11.9 Å². The zero-order chi connectivity index (χ0) is 5.70. The summed E-state index contributed by atoms with van der Waals surface area (Å²) in [5, 5.41) is 0. The van der Waals surface area contributed by atoms with Crippen LogP contribution in [-0.2, 0) is 0 Å². The molecule has 2 heteroatoms.